The molecule has 1 aromatic heterocycles. The molecule has 0 bridgehead atoms. The zero-order valence-corrected chi connectivity index (χ0v) is 18.0. The largest absolute Gasteiger partial charge is 0.494 e. The van der Waals surface area contributed by atoms with Gasteiger partial charge in [0.05, 0.1) is 6.54 Å². The molecule has 1 aliphatic carbocycles. The lowest BCUT2D eigenvalue weighted by atomic mass is 9.95. The summed E-state index contributed by atoms with van der Waals surface area (Å²) in [5, 5.41) is 21.4. The van der Waals surface area contributed by atoms with Crippen LogP contribution in [0.4, 0.5) is 0 Å². The third-order valence-corrected chi connectivity index (χ3v) is 6.25. The Morgan fingerprint density at radius 3 is 2.21 bits per heavy atom. The molecule has 1 aromatic rings. The highest BCUT2D eigenvalue weighted by molar-refractivity contribution is 5.69. The third kappa shape index (κ3) is 5.66. The molecule has 1 atom stereocenters. The van der Waals surface area contributed by atoms with Gasteiger partial charge in [0.25, 0.3) is 0 Å². The molecule has 0 spiro atoms. The Labute approximate surface area is 174 Å². The van der Waals surface area contributed by atoms with Crippen LogP contribution in [0.15, 0.2) is 0 Å². The highest BCUT2D eigenvalue weighted by atomic mass is 16.5. The predicted molar refractivity (Wildman–Crippen MR) is 112 cm³/mol. The fourth-order valence-electron chi connectivity index (χ4n) is 4.42. The first kappa shape index (κ1) is 22.0. The SMILES string of the molecule is CCCCCC(=O)OC(CN1CCN(C)CC1)Cn1c(O)c2c(c1O)CCCC2. The summed E-state index contributed by atoms with van der Waals surface area (Å²) in [4.78, 5) is 17.0. The minimum atomic E-state index is -0.391. The van der Waals surface area contributed by atoms with Crippen LogP contribution in [0.5, 0.6) is 11.8 Å². The van der Waals surface area contributed by atoms with E-state index in [1.807, 2.05) is 0 Å². The van der Waals surface area contributed by atoms with Crippen molar-refractivity contribution in [2.75, 3.05) is 39.8 Å². The molecule has 7 nitrogen and oxygen atoms in total. The van der Waals surface area contributed by atoms with Crippen LogP contribution in [-0.2, 0) is 28.9 Å². The maximum atomic E-state index is 12.4. The molecule has 2 aliphatic rings. The topological polar surface area (TPSA) is 78.2 Å². The lowest BCUT2D eigenvalue weighted by Gasteiger charge is -2.34. The van der Waals surface area contributed by atoms with Gasteiger partial charge in [-0.2, -0.15) is 0 Å². The van der Waals surface area contributed by atoms with Crippen molar-refractivity contribution in [2.45, 2.75) is 70.9 Å². The van der Waals surface area contributed by atoms with E-state index in [0.717, 1.165) is 82.3 Å². The number of carbonyl (C=O) groups excluding carboxylic acids is 1. The zero-order chi connectivity index (χ0) is 20.8. The summed E-state index contributed by atoms with van der Waals surface area (Å²) in [5.41, 5.74) is 1.72. The molecule has 0 amide bonds. The fourth-order valence-corrected chi connectivity index (χ4v) is 4.42. The fraction of sp³-hybridized carbons (Fsp3) is 0.773. The van der Waals surface area contributed by atoms with E-state index >= 15 is 0 Å². The molecule has 0 radical (unpaired) electrons. The summed E-state index contributed by atoms with van der Waals surface area (Å²) in [6, 6.07) is 0. The Morgan fingerprint density at radius 2 is 1.62 bits per heavy atom. The van der Waals surface area contributed by atoms with Crippen LogP contribution in [0.25, 0.3) is 0 Å². The Kier molecular flexibility index (Phi) is 7.84. The summed E-state index contributed by atoms with van der Waals surface area (Å²) in [6.45, 7) is 6.87. The molecule has 164 valence electrons. The third-order valence-electron chi connectivity index (χ3n) is 6.25. The van der Waals surface area contributed by atoms with E-state index in [9.17, 15) is 15.0 Å². The van der Waals surface area contributed by atoms with E-state index in [0.29, 0.717) is 13.0 Å². The number of piperazine rings is 1. The first-order valence-corrected chi connectivity index (χ1v) is 11.2. The van der Waals surface area contributed by atoms with Crippen molar-refractivity contribution in [3.05, 3.63) is 11.1 Å². The quantitative estimate of drug-likeness (QED) is 0.484. The normalized spacial score (nSPS) is 19.1. The average molecular weight is 408 g/mol. The molecule has 29 heavy (non-hydrogen) atoms. The van der Waals surface area contributed by atoms with E-state index in [1.54, 1.807) is 4.57 Å². The molecule has 1 aliphatic heterocycles. The molecule has 2 heterocycles. The summed E-state index contributed by atoms with van der Waals surface area (Å²) >= 11 is 0. The van der Waals surface area contributed by atoms with Crippen molar-refractivity contribution in [1.29, 1.82) is 0 Å². The molecular formula is C22H37N3O4. The minimum Gasteiger partial charge on any atom is -0.494 e. The van der Waals surface area contributed by atoms with Gasteiger partial charge >= 0.3 is 5.97 Å². The monoisotopic (exact) mass is 407 g/mol. The number of hydrogen-bond acceptors (Lipinski definition) is 6. The standard InChI is InChI=1S/C22H37N3O4/c1-3-4-5-10-20(26)29-17(15-24-13-11-23(2)12-14-24)16-25-21(27)18-8-6-7-9-19(18)22(25)28/h17,27-28H,3-16H2,1-2H3. The number of esters is 1. The lowest BCUT2D eigenvalue weighted by Crippen LogP contribution is -2.48. The first-order chi connectivity index (χ1) is 14.0. The van der Waals surface area contributed by atoms with Gasteiger partial charge in [0.15, 0.2) is 11.8 Å². The highest BCUT2D eigenvalue weighted by Crippen LogP contribution is 2.38. The highest BCUT2D eigenvalue weighted by Gasteiger charge is 2.28. The van der Waals surface area contributed by atoms with Gasteiger partial charge in [0.1, 0.15) is 6.10 Å². The van der Waals surface area contributed by atoms with E-state index in [1.165, 1.54) is 0 Å². The maximum Gasteiger partial charge on any atom is 0.306 e. The summed E-state index contributed by atoms with van der Waals surface area (Å²) < 4.78 is 7.39. The molecule has 2 N–H and O–H groups in total. The van der Waals surface area contributed by atoms with E-state index in [-0.39, 0.29) is 24.3 Å². The van der Waals surface area contributed by atoms with Gasteiger partial charge in [-0.1, -0.05) is 19.8 Å². The van der Waals surface area contributed by atoms with Crippen LogP contribution in [0, 0.1) is 0 Å². The number of rotatable bonds is 9. The second kappa shape index (κ2) is 10.3. The molecular weight excluding hydrogens is 370 g/mol. The Balaban J connectivity index is 1.70. The van der Waals surface area contributed by atoms with Crippen molar-refractivity contribution < 1.29 is 19.7 Å². The molecule has 0 saturated carbocycles. The number of hydrogen-bond donors (Lipinski definition) is 2. The summed E-state index contributed by atoms with van der Waals surface area (Å²) in [5.74, 6) is 0.0960. The zero-order valence-electron chi connectivity index (χ0n) is 18.0. The number of likely N-dealkylation sites (N-methyl/N-ethyl adjacent to an activating group) is 1. The number of unbranched alkanes of at least 4 members (excludes halogenated alkanes) is 2. The van der Waals surface area contributed by atoms with E-state index in [2.05, 4.69) is 23.8 Å². The van der Waals surface area contributed by atoms with E-state index < -0.39 is 6.10 Å². The number of ether oxygens (including phenoxy) is 1. The van der Waals surface area contributed by atoms with Crippen LogP contribution in [-0.4, -0.2) is 76.4 Å². The minimum absolute atomic E-state index is 0.141. The Bertz CT molecular complexity index is 651. The second-order valence-electron chi connectivity index (χ2n) is 8.59. The second-order valence-corrected chi connectivity index (χ2v) is 8.59. The average Bonchev–Trinajstić information content (AvgIpc) is 2.95. The number of nitrogens with zero attached hydrogens (tertiary/aromatic N) is 3. The van der Waals surface area contributed by atoms with Crippen LogP contribution in [0.1, 0.15) is 56.6 Å². The van der Waals surface area contributed by atoms with Crippen molar-refractivity contribution in [3.8, 4) is 11.8 Å². The van der Waals surface area contributed by atoms with Gasteiger partial charge in [-0.15, -0.1) is 0 Å². The van der Waals surface area contributed by atoms with Gasteiger partial charge in [-0.3, -0.25) is 14.3 Å². The van der Waals surface area contributed by atoms with Crippen LogP contribution >= 0.6 is 0 Å². The Hall–Kier alpha value is -1.73. The number of aromatic nitrogens is 1. The molecule has 3 rings (SSSR count). The number of aromatic hydroxyl groups is 2. The first-order valence-electron chi connectivity index (χ1n) is 11.2. The Morgan fingerprint density at radius 1 is 1.00 bits per heavy atom. The molecule has 7 heteroatoms. The smallest absolute Gasteiger partial charge is 0.306 e. The van der Waals surface area contributed by atoms with Gasteiger partial charge in [0, 0.05) is 50.3 Å². The van der Waals surface area contributed by atoms with Crippen molar-refractivity contribution >= 4 is 5.97 Å². The number of carbonyl (C=O) groups is 1. The molecule has 1 fully saturated rings. The predicted octanol–water partition coefficient (Wildman–Crippen LogP) is 2.52. The van der Waals surface area contributed by atoms with E-state index in [4.69, 9.17) is 4.74 Å². The van der Waals surface area contributed by atoms with Crippen molar-refractivity contribution in [1.82, 2.24) is 14.4 Å². The van der Waals surface area contributed by atoms with Crippen molar-refractivity contribution in [3.63, 3.8) is 0 Å². The summed E-state index contributed by atoms with van der Waals surface area (Å²) in [7, 11) is 2.11. The number of fused-ring (bicyclic) bond motifs is 1. The molecule has 1 saturated heterocycles. The van der Waals surface area contributed by atoms with Crippen LogP contribution in [0.2, 0.25) is 0 Å². The maximum absolute atomic E-state index is 12.4. The van der Waals surface area contributed by atoms with Gasteiger partial charge < -0.3 is 19.8 Å². The van der Waals surface area contributed by atoms with Gasteiger partial charge in [0.2, 0.25) is 0 Å². The molecule has 0 aromatic carbocycles. The van der Waals surface area contributed by atoms with Crippen LogP contribution in [0.3, 0.4) is 0 Å². The van der Waals surface area contributed by atoms with Gasteiger partial charge in [-0.05, 0) is 39.2 Å². The van der Waals surface area contributed by atoms with Crippen LogP contribution < -0.4 is 0 Å². The summed E-state index contributed by atoms with van der Waals surface area (Å²) in [6.07, 6.45) is 6.60. The lowest BCUT2D eigenvalue weighted by molar-refractivity contribution is -0.151. The van der Waals surface area contributed by atoms with Gasteiger partial charge in [-0.25, -0.2) is 0 Å². The van der Waals surface area contributed by atoms with Crippen molar-refractivity contribution in [2.24, 2.45) is 0 Å². The molecule has 1 unspecified atom stereocenters.